The molecule has 4 N–H and O–H groups in total. The summed E-state index contributed by atoms with van der Waals surface area (Å²) < 4.78 is 26.2. The van der Waals surface area contributed by atoms with Crippen LogP contribution in [0.2, 0.25) is 0 Å². The van der Waals surface area contributed by atoms with E-state index in [1.807, 2.05) is 0 Å². The zero-order valence-corrected chi connectivity index (χ0v) is 13.1. The summed E-state index contributed by atoms with van der Waals surface area (Å²) in [6, 6.07) is 4.85. The summed E-state index contributed by atoms with van der Waals surface area (Å²) in [5.74, 6) is -0.132. The van der Waals surface area contributed by atoms with E-state index in [4.69, 9.17) is 5.73 Å². The molecule has 1 aromatic rings. The number of nitrogens with two attached hydrogens (primary N) is 1. The van der Waals surface area contributed by atoms with Crippen molar-refractivity contribution in [2.75, 3.05) is 18.9 Å². The molecule has 0 atom stereocenters. The smallest absolute Gasteiger partial charge is 0.240 e. The van der Waals surface area contributed by atoms with Gasteiger partial charge in [0.15, 0.2) is 0 Å². The molecule has 1 fully saturated rings. The summed E-state index contributed by atoms with van der Waals surface area (Å²) in [7, 11) is -2.19. The maximum absolute atomic E-state index is 12.3. The molecule has 0 radical (unpaired) electrons. The fourth-order valence-corrected chi connectivity index (χ4v) is 3.46. The van der Waals surface area contributed by atoms with Crippen LogP contribution in [0.5, 0.6) is 0 Å². The Morgan fingerprint density at radius 2 is 2.05 bits per heavy atom. The van der Waals surface area contributed by atoms with E-state index in [-0.39, 0.29) is 10.8 Å². The van der Waals surface area contributed by atoms with Gasteiger partial charge < -0.3 is 11.1 Å². The van der Waals surface area contributed by atoms with Crippen LogP contribution < -0.4 is 15.8 Å². The van der Waals surface area contributed by atoms with E-state index in [1.54, 1.807) is 19.1 Å². The molecular weight excluding hydrogens is 290 g/mol. The zero-order chi connectivity index (χ0) is 15.7. The Bertz CT molecular complexity index is 646. The number of carbonyl (C=O) groups excluding carboxylic acids is 1. The van der Waals surface area contributed by atoms with E-state index < -0.39 is 15.4 Å². The van der Waals surface area contributed by atoms with Gasteiger partial charge in [-0.25, -0.2) is 13.1 Å². The van der Waals surface area contributed by atoms with Crippen molar-refractivity contribution in [1.29, 1.82) is 0 Å². The minimum absolute atomic E-state index is 0.132. The van der Waals surface area contributed by atoms with Gasteiger partial charge in [-0.2, -0.15) is 0 Å². The van der Waals surface area contributed by atoms with Crippen molar-refractivity contribution in [3.05, 3.63) is 23.8 Å². The SMILES string of the molecule is CNS(=O)(=O)c1cc(NC(=O)C2(CN)CCC2)ccc1C. The van der Waals surface area contributed by atoms with Crippen molar-refractivity contribution in [2.24, 2.45) is 11.1 Å². The number of rotatable bonds is 5. The first-order chi connectivity index (χ1) is 9.84. The van der Waals surface area contributed by atoms with Gasteiger partial charge in [0.1, 0.15) is 0 Å². The van der Waals surface area contributed by atoms with E-state index in [0.717, 1.165) is 19.3 Å². The highest BCUT2D eigenvalue weighted by atomic mass is 32.2. The Kier molecular flexibility index (Phi) is 4.36. The van der Waals surface area contributed by atoms with Crippen LogP contribution in [0, 0.1) is 12.3 Å². The number of amides is 1. The molecule has 1 aliphatic rings. The standard InChI is InChI=1S/C14H21N3O3S/c1-10-4-5-11(8-12(10)21(19,20)16-2)17-13(18)14(9-15)6-3-7-14/h4-5,8,16H,3,6-7,9,15H2,1-2H3,(H,17,18). The zero-order valence-electron chi connectivity index (χ0n) is 12.3. The van der Waals surface area contributed by atoms with E-state index in [1.165, 1.54) is 13.1 Å². The second-order valence-corrected chi connectivity index (χ2v) is 7.33. The lowest BCUT2D eigenvalue weighted by Crippen LogP contribution is -2.47. The predicted octanol–water partition coefficient (Wildman–Crippen LogP) is 0.971. The van der Waals surface area contributed by atoms with Crippen LogP contribution in [-0.2, 0) is 14.8 Å². The highest BCUT2D eigenvalue weighted by molar-refractivity contribution is 7.89. The first-order valence-electron chi connectivity index (χ1n) is 6.90. The molecule has 1 aromatic carbocycles. The maximum Gasteiger partial charge on any atom is 0.240 e. The molecular formula is C14H21N3O3S. The van der Waals surface area contributed by atoms with E-state index in [2.05, 4.69) is 10.0 Å². The van der Waals surface area contributed by atoms with Gasteiger partial charge in [0.25, 0.3) is 0 Å². The number of aryl methyl sites for hydroxylation is 1. The summed E-state index contributed by atoms with van der Waals surface area (Å²) in [6.07, 6.45) is 2.56. The average Bonchev–Trinajstić information content (AvgIpc) is 2.40. The minimum Gasteiger partial charge on any atom is -0.329 e. The number of carbonyl (C=O) groups is 1. The lowest BCUT2D eigenvalue weighted by atomic mass is 9.68. The van der Waals surface area contributed by atoms with Crippen LogP contribution in [0.4, 0.5) is 5.69 Å². The van der Waals surface area contributed by atoms with E-state index in [0.29, 0.717) is 17.8 Å². The summed E-state index contributed by atoms with van der Waals surface area (Å²) in [6.45, 7) is 2.02. The summed E-state index contributed by atoms with van der Waals surface area (Å²) in [4.78, 5) is 12.5. The first-order valence-corrected chi connectivity index (χ1v) is 8.39. The molecule has 1 aliphatic carbocycles. The third-order valence-electron chi connectivity index (χ3n) is 4.19. The van der Waals surface area contributed by atoms with Crippen LogP contribution >= 0.6 is 0 Å². The van der Waals surface area contributed by atoms with Crippen molar-refractivity contribution in [3.63, 3.8) is 0 Å². The van der Waals surface area contributed by atoms with Crippen LogP contribution in [0.3, 0.4) is 0 Å². The normalized spacial score (nSPS) is 17.1. The Morgan fingerprint density at radius 3 is 2.52 bits per heavy atom. The summed E-state index contributed by atoms with van der Waals surface area (Å²) in [5.41, 5.74) is 6.30. The molecule has 21 heavy (non-hydrogen) atoms. The topological polar surface area (TPSA) is 101 Å². The molecule has 7 heteroatoms. The highest BCUT2D eigenvalue weighted by Crippen LogP contribution is 2.40. The molecule has 116 valence electrons. The number of anilines is 1. The van der Waals surface area contributed by atoms with Gasteiger partial charge in [-0.1, -0.05) is 12.5 Å². The van der Waals surface area contributed by atoms with Crippen molar-refractivity contribution >= 4 is 21.6 Å². The predicted molar refractivity (Wildman–Crippen MR) is 81.4 cm³/mol. The van der Waals surface area contributed by atoms with Gasteiger partial charge in [0, 0.05) is 12.2 Å². The first kappa shape index (κ1) is 15.9. The van der Waals surface area contributed by atoms with Gasteiger partial charge in [-0.15, -0.1) is 0 Å². The molecule has 0 saturated heterocycles. The molecule has 0 aliphatic heterocycles. The summed E-state index contributed by atoms with van der Waals surface area (Å²) in [5, 5.41) is 2.79. The third kappa shape index (κ3) is 2.95. The molecule has 1 saturated carbocycles. The minimum atomic E-state index is -3.55. The second kappa shape index (κ2) is 5.75. The largest absolute Gasteiger partial charge is 0.329 e. The number of nitrogens with one attached hydrogen (secondary N) is 2. The van der Waals surface area contributed by atoms with Crippen LogP contribution in [0.25, 0.3) is 0 Å². The van der Waals surface area contributed by atoms with E-state index >= 15 is 0 Å². The highest BCUT2D eigenvalue weighted by Gasteiger charge is 2.42. The van der Waals surface area contributed by atoms with Crippen molar-refractivity contribution < 1.29 is 13.2 Å². The lowest BCUT2D eigenvalue weighted by molar-refractivity contribution is -0.129. The number of benzene rings is 1. The van der Waals surface area contributed by atoms with Crippen molar-refractivity contribution in [1.82, 2.24) is 4.72 Å². The van der Waals surface area contributed by atoms with Gasteiger partial charge in [-0.05, 0) is 44.5 Å². The van der Waals surface area contributed by atoms with Crippen LogP contribution in [-0.4, -0.2) is 27.9 Å². The van der Waals surface area contributed by atoms with Gasteiger partial charge >= 0.3 is 0 Å². The van der Waals surface area contributed by atoms with Gasteiger partial charge in [0.05, 0.1) is 10.3 Å². The molecule has 2 rings (SSSR count). The number of sulfonamides is 1. The third-order valence-corrected chi connectivity index (χ3v) is 5.74. The van der Waals surface area contributed by atoms with Crippen LogP contribution in [0.15, 0.2) is 23.1 Å². The average molecular weight is 311 g/mol. The monoisotopic (exact) mass is 311 g/mol. The quantitative estimate of drug-likeness (QED) is 0.754. The Hall–Kier alpha value is -1.44. The fraction of sp³-hybridized carbons (Fsp3) is 0.500. The molecule has 1 amide bonds. The Labute approximate surface area is 125 Å². The van der Waals surface area contributed by atoms with Crippen LogP contribution in [0.1, 0.15) is 24.8 Å². The number of hydrogen-bond donors (Lipinski definition) is 3. The lowest BCUT2D eigenvalue weighted by Gasteiger charge is -2.39. The molecule has 6 nitrogen and oxygen atoms in total. The molecule has 0 bridgehead atoms. The molecule has 0 aromatic heterocycles. The second-order valence-electron chi connectivity index (χ2n) is 5.48. The molecule has 0 unspecified atom stereocenters. The fourth-order valence-electron chi connectivity index (χ4n) is 2.47. The summed E-state index contributed by atoms with van der Waals surface area (Å²) >= 11 is 0. The maximum atomic E-state index is 12.3. The number of hydrogen-bond acceptors (Lipinski definition) is 4. The van der Waals surface area contributed by atoms with Gasteiger partial charge in [0.2, 0.25) is 15.9 Å². The van der Waals surface area contributed by atoms with Crippen molar-refractivity contribution in [3.8, 4) is 0 Å². The Balaban J connectivity index is 2.26. The Morgan fingerprint density at radius 1 is 1.38 bits per heavy atom. The van der Waals surface area contributed by atoms with E-state index in [9.17, 15) is 13.2 Å². The molecule has 0 spiro atoms. The molecule has 0 heterocycles. The van der Waals surface area contributed by atoms with Crippen molar-refractivity contribution in [2.45, 2.75) is 31.1 Å². The van der Waals surface area contributed by atoms with Gasteiger partial charge in [-0.3, -0.25) is 4.79 Å².